The molecule has 1 amide bonds. The molecule has 1 saturated heterocycles. The standard InChI is InChI=1S/C27H31N3O3/c31-26-12-11-24(21-30(26)16-15-29-17-19-33-20-18-29)27(32)28-14-13-25(22-7-3-1-4-8-22)23-9-5-2-6-10-23/h1-12,21,25H,13-20H2,(H,28,32). The molecule has 1 aromatic heterocycles. The molecule has 1 aliphatic rings. The number of hydrogen-bond donors (Lipinski definition) is 1. The molecule has 1 aliphatic heterocycles. The second-order valence-corrected chi connectivity index (χ2v) is 8.32. The van der Waals surface area contributed by atoms with Crippen molar-refractivity contribution in [3.8, 4) is 0 Å². The molecule has 172 valence electrons. The van der Waals surface area contributed by atoms with Crippen LogP contribution in [0.1, 0.15) is 33.8 Å². The fraction of sp³-hybridized carbons (Fsp3) is 0.333. The van der Waals surface area contributed by atoms with Crippen molar-refractivity contribution in [2.24, 2.45) is 0 Å². The van der Waals surface area contributed by atoms with Gasteiger partial charge >= 0.3 is 0 Å². The van der Waals surface area contributed by atoms with E-state index in [1.54, 1.807) is 16.8 Å². The smallest absolute Gasteiger partial charge is 0.252 e. The van der Waals surface area contributed by atoms with Crippen LogP contribution in [-0.2, 0) is 11.3 Å². The van der Waals surface area contributed by atoms with Crippen LogP contribution in [0.15, 0.2) is 83.8 Å². The first-order valence-corrected chi connectivity index (χ1v) is 11.6. The van der Waals surface area contributed by atoms with E-state index in [1.807, 2.05) is 36.4 Å². The molecule has 0 radical (unpaired) electrons. The van der Waals surface area contributed by atoms with Gasteiger partial charge in [0.25, 0.3) is 11.5 Å². The number of carbonyl (C=O) groups is 1. The average molecular weight is 446 g/mol. The Morgan fingerprint density at radius 2 is 1.52 bits per heavy atom. The van der Waals surface area contributed by atoms with Crippen molar-refractivity contribution >= 4 is 5.91 Å². The number of carbonyl (C=O) groups excluding carboxylic acids is 1. The Labute approximate surface area is 194 Å². The fourth-order valence-electron chi connectivity index (χ4n) is 4.24. The minimum absolute atomic E-state index is 0.0898. The number of nitrogens with zero attached hydrogens (tertiary/aromatic N) is 2. The molecule has 1 N–H and O–H groups in total. The first-order valence-electron chi connectivity index (χ1n) is 11.6. The average Bonchev–Trinajstić information content (AvgIpc) is 2.87. The Morgan fingerprint density at radius 1 is 0.879 bits per heavy atom. The Morgan fingerprint density at radius 3 is 2.15 bits per heavy atom. The van der Waals surface area contributed by atoms with Gasteiger partial charge in [-0.15, -0.1) is 0 Å². The highest BCUT2D eigenvalue weighted by molar-refractivity contribution is 5.93. The molecule has 0 bridgehead atoms. The van der Waals surface area contributed by atoms with Gasteiger partial charge in [0.05, 0.1) is 18.8 Å². The highest BCUT2D eigenvalue weighted by Crippen LogP contribution is 2.27. The molecular weight excluding hydrogens is 414 g/mol. The number of pyridine rings is 1. The highest BCUT2D eigenvalue weighted by atomic mass is 16.5. The molecule has 3 aromatic rings. The van der Waals surface area contributed by atoms with Gasteiger partial charge in [0.1, 0.15) is 0 Å². The van der Waals surface area contributed by atoms with Crippen LogP contribution in [0.25, 0.3) is 0 Å². The molecule has 33 heavy (non-hydrogen) atoms. The molecule has 0 saturated carbocycles. The van der Waals surface area contributed by atoms with Crippen LogP contribution in [0.4, 0.5) is 0 Å². The van der Waals surface area contributed by atoms with Crippen molar-refractivity contribution in [3.05, 3.63) is 106 Å². The summed E-state index contributed by atoms with van der Waals surface area (Å²) in [6.07, 6.45) is 2.46. The van der Waals surface area contributed by atoms with Crippen LogP contribution < -0.4 is 10.9 Å². The topological polar surface area (TPSA) is 63.6 Å². The van der Waals surface area contributed by atoms with Gasteiger partial charge in [-0.05, 0) is 23.6 Å². The molecule has 2 heterocycles. The van der Waals surface area contributed by atoms with Crippen molar-refractivity contribution in [2.75, 3.05) is 39.4 Å². The first-order chi connectivity index (χ1) is 16.2. The third kappa shape index (κ3) is 6.40. The van der Waals surface area contributed by atoms with E-state index in [2.05, 4.69) is 34.5 Å². The molecule has 6 heteroatoms. The Hall–Kier alpha value is -3.22. The van der Waals surface area contributed by atoms with Crippen LogP contribution in [0.2, 0.25) is 0 Å². The van der Waals surface area contributed by atoms with Gasteiger partial charge < -0.3 is 14.6 Å². The number of amides is 1. The summed E-state index contributed by atoms with van der Waals surface area (Å²) in [4.78, 5) is 27.4. The third-order valence-electron chi connectivity index (χ3n) is 6.13. The largest absolute Gasteiger partial charge is 0.379 e. The van der Waals surface area contributed by atoms with E-state index in [0.29, 0.717) is 18.7 Å². The molecule has 4 rings (SSSR count). The number of ether oxygens (including phenoxy) is 1. The van der Waals surface area contributed by atoms with Gasteiger partial charge in [0.2, 0.25) is 0 Å². The van der Waals surface area contributed by atoms with Crippen molar-refractivity contribution in [2.45, 2.75) is 18.9 Å². The maximum Gasteiger partial charge on any atom is 0.252 e. The van der Waals surface area contributed by atoms with Gasteiger partial charge in [-0.3, -0.25) is 14.5 Å². The Kier molecular flexibility index (Phi) is 8.06. The zero-order valence-corrected chi connectivity index (χ0v) is 18.9. The number of hydrogen-bond acceptors (Lipinski definition) is 4. The predicted octanol–water partition coefficient (Wildman–Crippen LogP) is 3.13. The SMILES string of the molecule is O=C(NCCC(c1ccccc1)c1ccccc1)c1ccc(=O)n(CCN2CCOCC2)c1. The fourth-order valence-corrected chi connectivity index (χ4v) is 4.24. The van der Waals surface area contributed by atoms with Gasteiger partial charge in [-0.2, -0.15) is 0 Å². The predicted molar refractivity (Wildman–Crippen MR) is 130 cm³/mol. The maximum atomic E-state index is 12.8. The zero-order chi connectivity index (χ0) is 22.9. The van der Waals surface area contributed by atoms with Gasteiger partial charge in [0.15, 0.2) is 0 Å². The quantitative estimate of drug-likeness (QED) is 0.550. The second-order valence-electron chi connectivity index (χ2n) is 8.32. The lowest BCUT2D eigenvalue weighted by molar-refractivity contribution is 0.0363. The lowest BCUT2D eigenvalue weighted by atomic mass is 9.88. The summed E-state index contributed by atoms with van der Waals surface area (Å²) in [6, 6.07) is 23.8. The minimum Gasteiger partial charge on any atom is -0.379 e. The van der Waals surface area contributed by atoms with E-state index in [1.165, 1.54) is 17.2 Å². The summed E-state index contributed by atoms with van der Waals surface area (Å²) in [5.41, 5.74) is 2.88. The van der Waals surface area contributed by atoms with E-state index >= 15 is 0 Å². The van der Waals surface area contributed by atoms with Crippen molar-refractivity contribution in [3.63, 3.8) is 0 Å². The van der Waals surface area contributed by atoms with Crippen LogP contribution in [0, 0.1) is 0 Å². The summed E-state index contributed by atoms with van der Waals surface area (Å²) in [6.45, 7) is 5.07. The van der Waals surface area contributed by atoms with Crippen LogP contribution in [0.5, 0.6) is 0 Å². The minimum atomic E-state index is -0.157. The molecule has 0 atom stereocenters. The molecule has 1 fully saturated rings. The van der Waals surface area contributed by atoms with Crippen LogP contribution in [-0.4, -0.2) is 54.8 Å². The molecule has 0 unspecified atom stereocenters. The lowest BCUT2D eigenvalue weighted by Crippen LogP contribution is -2.39. The monoisotopic (exact) mass is 445 g/mol. The Bertz CT molecular complexity index is 1040. The van der Waals surface area contributed by atoms with Crippen molar-refractivity contribution in [1.82, 2.24) is 14.8 Å². The molecule has 0 spiro atoms. The van der Waals surface area contributed by atoms with Gasteiger partial charge in [-0.25, -0.2) is 0 Å². The van der Waals surface area contributed by atoms with Gasteiger partial charge in [-0.1, -0.05) is 60.7 Å². The Balaban J connectivity index is 1.37. The van der Waals surface area contributed by atoms with E-state index < -0.39 is 0 Å². The third-order valence-corrected chi connectivity index (χ3v) is 6.13. The summed E-state index contributed by atoms with van der Waals surface area (Å²) < 4.78 is 7.00. The zero-order valence-electron chi connectivity index (χ0n) is 18.9. The summed E-state index contributed by atoms with van der Waals surface area (Å²) >= 11 is 0. The van der Waals surface area contributed by atoms with E-state index in [9.17, 15) is 9.59 Å². The van der Waals surface area contributed by atoms with E-state index in [-0.39, 0.29) is 17.4 Å². The number of aromatic nitrogens is 1. The van der Waals surface area contributed by atoms with Crippen molar-refractivity contribution < 1.29 is 9.53 Å². The maximum absolute atomic E-state index is 12.8. The number of morpholine rings is 1. The number of rotatable bonds is 9. The molecule has 0 aliphatic carbocycles. The molecule has 2 aromatic carbocycles. The molecule has 6 nitrogen and oxygen atoms in total. The van der Waals surface area contributed by atoms with Crippen LogP contribution >= 0.6 is 0 Å². The van der Waals surface area contributed by atoms with Crippen LogP contribution in [0.3, 0.4) is 0 Å². The van der Waals surface area contributed by atoms with E-state index in [4.69, 9.17) is 4.74 Å². The summed E-state index contributed by atoms with van der Waals surface area (Å²) in [5, 5.41) is 3.04. The number of benzene rings is 2. The normalized spacial score (nSPS) is 14.3. The first kappa shape index (κ1) is 23.0. The molecular formula is C27H31N3O3. The second kappa shape index (κ2) is 11.6. The summed E-state index contributed by atoms with van der Waals surface area (Å²) in [5.74, 6) is 0.0465. The van der Waals surface area contributed by atoms with Gasteiger partial charge in [0, 0.05) is 50.9 Å². The lowest BCUT2D eigenvalue weighted by Gasteiger charge is -2.26. The van der Waals surface area contributed by atoms with E-state index in [0.717, 1.165) is 39.3 Å². The van der Waals surface area contributed by atoms with Crippen molar-refractivity contribution in [1.29, 1.82) is 0 Å². The highest BCUT2D eigenvalue weighted by Gasteiger charge is 2.15. The summed E-state index contributed by atoms with van der Waals surface area (Å²) in [7, 11) is 0. The number of nitrogens with one attached hydrogen (secondary N) is 1.